The quantitative estimate of drug-likeness (QED) is 0.0895. The minimum Gasteiger partial charge on any atom is -0.379 e. The van der Waals surface area contributed by atoms with Crippen LogP contribution in [-0.4, -0.2) is 5.21 Å². The Labute approximate surface area is 89.6 Å². The van der Waals surface area contributed by atoms with E-state index in [0.29, 0.717) is 0 Å². The third-order valence-corrected chi connectivity index (χ3v) is 0. The zero-order valence-electron chi connectivity index (χ0n) is 4.64. The van der Waals surface area contributed by atoms with Crippen molar-refractivity contribution in [3.05, 3.63) is 20.9 Å². The van der Waals surface area contributed by atoms with Crippen LogP contribution in [0, 0.1) is 4.91 Å². The van der Waals surface area contributed by atoms with Crippen LogP contribution in [-0.2, 0) is 0 Å². The van der Waals surface area contributed by atoms with Crippen LogP contribution in [0.1, 0.15) is 0 Å². The Bertz CT molecular complexity index is 57.1. The van der Waals surface area contributed by atoms with Crippen molar-refractivity contribution in [3.63, 3.8) is 0 Å². The van der Waals surface area contributed by atoms with Gasteiger partial charge in [0.2, 0.25) is 0 Å². The molecule has 0 unspecified atom stereocenters. The van der Waals surface area contributed by atoms with Gasteiger partial charge in [-0.3, -0.25) is 4.91 Å². The van der Waals surface area contributed by atoms with Gasteiger partial charge < -0.3 is 16.3 Å². The summed E-state index contributed by atoms with van der Waals surface area (Å²) in [5.74, 6) is 0. The molecule has 8 heteroatoms. The average Bonchev–Trinajstić information content (AvgIpc) is 1.39. The van der Waals surface area contributed by atoms with Crippen molar-refractivity contribution in [2.75, 3.05) is 0 Å². The summed E-state index contributed by atoms with van der Waals surface area (Å²) >= 11 is 0. The summed E-state index contributed by atoms with van der Waals surface area (Å²) in [6, 6.07) is 0. The van der Waals surface area contributed by atoms with Gasteiger partial charge in [-0.05, 0) is 0 Å². The van der Waals surface area contributed by atoms with Crippen molar-refractivity contribution in [3.8, 4) is 0 Å². The van der Waals surface area contributed by atoms with Gasteiger partial charge in [0.15, 0.2) is 5.34 Å². The van der Waals surface area contributed by atoms with E-state index in [1.807, 2.05) is 0 Å². The fourth-order valence-corrected chi connectivity index (χ4v) is 0. The second-order valence-corrected chi connectivity index (χ2v) is 0.171. The smallest absolute Gasteiger partial charge is 0.379 e. The van der Waals surface area contributed by atoms with Crippen molar-refractivity contribution in [2.24, 2.45) is 5.34 Å². The normalized spacial score (nSPS) is 2.50. The van der Waals surface area contributed by atoms with Crippen molar-refractivity contribution < 1.29 is 64.3 Å². The van der Waals surface area contributed by atoms with Crippen molar-refractivity contribution >= 4 is 0 Å². The predicted octanol–water partition coefficient (Wildman–Crippen LogP) is -4.98. The first kappa shape index (κ1) is 23.3. The minimum atomic E-state index is 0. The SMILES string of the molecule is O=NO.[N-]=[N+]=[N-].[Na+].[Na+]. The molecular formula is HN4Na2O2+. The van der Waals surface area contributed by atoms with Crippen LogP contribution in [0.4, 0.5) is 0 Å². The van der Waals surface area contributed by atoms with Crippen LogP contribution in [0.2, 0.25) is 0 Å². The van der Waals surface area contributed by atoms with Crippen LogP contribution < -0.4 is 59.1 Å². The molecule has 0 fully saturated rings. The summed E-state index contributed by atoms with van der Waals surface area (Å²) in [5, 5.41) is 7.89. The zero-order chi connectivity index (χ0) is 5.41. The summed E-state index contributed by atoms with van der Waals surface area (Å²) in [5.41, 5.74) is 13.5. The first-order valence-corrected chi connectivity index (χ1v) is 0.783. The largest absolute Gasteiger partial charge is 1.00 e. The zero-order valence-corrected chi connectivity index (χ0v) is 8.64. The number of rotatable bonds is 0. The second-order valence-electron chi connectivity index (χ2n) is 0.171. The Morgan fingerprint density at radius 3 is 1.38 bits per heavy atom. The maximum Gasteiger partial charge on any atom is 1.00 e. The van der Waals surface area contributed by atoms with E-state index in [9.17, 15) is 0 Å². The van der Waals surface area contributed by atoms with Gasteiger partial charge in [0.1, 0.15) is 0 Å². The third kappa shape index (κ3) is 434. The molecule has 0 aliphatic carbocycles. The number of nitrogens with zero attached hydrogens (tertiary/aromatic N) is 4. The van der Waals surface area contributed by atoms with Gasteiger partial charge in [0.05, 0.1) is 0 Å². The third-order valence-electron chi connectivity index (χ3n) is 0. The van der Waals surface area contributed by atoms with Crippen LogP contribution >= 0.6 is 0 Å². The Hall–Kier alpha value is 0.710. The molecule has 0 spiro atoms. The first-order valence-electron chi connectivity index (χ1n) is 0.783. The van der Waals surface area contributed by atoms with Crippen LogP contribution in [0.25, 0.3) is 16.0 Å². The molecule has 0 heterocycles. The molecule has 0 saturated carbocycles. The molecule has 0 atom stereocenters. The van der Waals surface area contributed by atoms with E-state index in [1.54, 1.807) is 0 Å². The van der Waals surface area contributed by atoms with E-state index in [-0.39, 0.29) is 59.1 Å². The van der Waals surface area contributed by atoms with E-state index in [1.165, 1.54) is 10.3 Å². The van der Waals surface area contributed by atoms with E-state index in [4.69, 9.17) is 21.2 Å². The van der Waals surface area contributed by atoms with Gasteiger partial charge in [-0.2, -0.15) is 0 Å². The maximum absolute atomic E-state index is 8.11. The fourth-order valence-electron chi connectivity index (χ4n) is 0. The topological polar surface area (TPSA) is 108 Å². The van der Waals surface area contributed by atoms with Crippen LogP contribution in [0.15, 0.2) is 5.34 Å². The van der Waals surface area contributed by atoms with Gasteiger partial charge >= 0.3 is 59.1 Å². The molecule has 0 radical (unpaired) electrons. The van der Waals surface area contributed by atoms with E-state index in [0.717, 1.165) is 0 Å². The van der Waals surface area contributed by atoms with Crippen molar-refractivity contribution in [2.45, 2.75) is 0 Å². The molecule has 0 aliphatic rings. The molecule has 0 aliphatic heterocycles. The first-order chi connectivity index (χ1) is 2.83. The Morgan fingerprint density at radius 1 is 1.38 bits per heavy atom. The molecule has 0 aromatic carbocycles. The molecular weight excluding hydrogens is 134 g/mol. The summed E-state index contributed by atoms with van der Waals surface area (Å²) in [4.78, 5) is 9.61. The molecule has 0 rings (SSSR count). The maximum atomic E-state index is 8.11. The molecule has 8 heavy (non-hydrogen) atoms. The Morgan fingerprint density at radius 2 is 1.38 bits per heavy atom. The monoisotopic (exact) mass is 135 g/mol. The molecule has 0 bridgehead atoms. The van der Waals surface area contributed by atoms with E-state index < -0.39 is 0 Å². The van der Waals surface area contributed by atoms with Crippen LogP contribution in [0.5, 0.6) is 0 Å². The van der Waals surface area contributed by atoms with Crippen molar-refractivity contribution in [1.82, 2.24) is 0 Å². The van der Waals surface area contributed by atoms with Gasteiger partial charge in [-0.1, -0.05) is 0 Å². The summed E-state index contributed by atoms with van der Waals surface area (Å²) in [6.45, 7) is 0. The molecule has 1 N–H and O–H groups in total. The van der Waals surface area contributed by atoms with Gasteiger partial charge in [-0.15, -0.1) is 4.91 Å². The second kappa shape index (κ2) is 47.3. The van der Waals surface area contributed by atoms with Crippen LogP contribution in [0.3, 0.4) is 0 Å². The van der Waals surface area contributed by atoms with Crippen molar-refractivity contribution in [1.29, 1.82) is 0 Å². The fraction of sp³-hybridized carbons (Fsp3) is 0. The average molecular weight is 135 g/mol. The predicted molar refractivity (Wildman–Crippen MR) is 17.7 cm³/mol. The molecule has 34 valence electrons. The number of hydrogen-bond donors (Lipinski definition) is 1. The molecule has 0 saturated heterocycles. The summed E-state index contributed by atoms with van der Waals surface area (Å²) in [6.07, 6.45) is 0. The molecule has 0 aromatic rings. The Kier molecular flexibility index (Phi) is 138. The number of hydrogen-bond acceptors (Lipinski definition) is 2. The summed E-state index contributed by atoms with van der Waals surface area (Å²) < 4.78 is 0. The van der Waals surface area contributed by atoms with Gasteiger partial charge in [-0.25, -0.2) is 0 Å². The minimum absolute atomic E-state index is 0. The standard InChI is InChI=1S/N3.HNO2.2Na/c1-3-2;2-1-3;;/h;(H,2,3);;/q-1;;2*+1. The van der Waals surface area contributed by atoms with E-state index >= 15 is 0 Å². The Balaban J connectivity index is -0.0000000160. The van der Waals surface area contributed by atoms with E-state index in [2.05, 4.69) is 0 Å². The molecule has 6 nitrogen and oxygen atoms in total. The summed E-state index contributed by atoms with van der Waals surface area (Å²) in [7, 11) is 0. The van der Waals surface area contributed by atoms with Gasteiger partial charge in [0.25, 0.3) is 0 Å². The van der Waals surface area contributed by atoms with Gasteiger partial charge in [0, 0.05) is 0 Å². The molecule has 0 amide bonds. The molecule has 0 aromatic heterocycles.